The molecule has 3 nitrogen and oxygen atoms in total. The highest BCUT2D eigenvalue weighted by atomic mass is 16.4. The largest absolute Gasteiger partial charge is 0.481 e. The van der Waals surface area contributed by atoms with E-state index in [2.05, 4.69) is 43.0 Å². The Hall–Kier alpha value is -1.51. The van der Waals surface area contributed by atoms with Gasteiger partial charge in [-0.3, -0.25) is 4.79 Å². The Bertz CT molecular complexity index is 462. The van der Waals surface area contributed by atoms with Crippen molar-refractivity contribution >= 4 is 11.7 Å². The van der Waals surface area contributed by atoms with Crippen molar-refractivity contribution in [2.45, 2.75) is 45.6 Å². The van der Waals surface area contributed by atoms with Crippen molar-refractivity contribution in [3.8, 4) is 0 Å². The fraction of sp³-hybridized carbons (Fsp3) is 0.562. The molecule has 104 valence electrons. The number of benzene rings is 1. The number of carboxylic acids is 1. The van der Waals surface area contributed by atoms with Gasteiger partial charge in [0.2, 0.25) is 0 Å². The van der Waals surface area contributed by atoms with Crippen LogP contribution in [0.5, 0.6) is 0 Å². The first-order valence-corrected chi connectivity index (χ1v) is 6.94. The molecule has 1 aromatic rings. The van der Waals surface area contributed by atoms with E-state index in [1.54, 1.807) is 0 Å². The summed E-state index contributed by atoms with van der Waals surface area (Å²) in [6, 6.07) is 8.51. The van der Waals surface area contributed by atoms with Gasteiger partial charge in [0.25, 0.3) is 0 Å². The van der Waals surface area contributed by atoms with E-state index < -0.39 is 5.97 Å². The molecule has 1 N–H and O–H groups in total. The van der Waals surface area contributed by atoms with Crippen LogP contribution in [0.2, 0.25) is 0 Å². The van der Waals surface area contributed by atoms with Crippen LogP contribution in [-0.4, -0.2) is 23.2 Å². The molecule has 1 aromatic carbocycles. The van der Waals surface area contributed by atoms with Gasteiger partial charge in [-0.2, -0.15) is 0 Å². The second-order valence-corrected chi connectivity index (χ2v) is 6.23. The van der Waals surface area contributed by atoms with Crippen LogP contribution in [0.25, 0.3) is 0 Å². The highest BCUT2D eigenvalue weighted by molar-refractivity contribution is 5.74. The number of rotatable bonds is 3. The number of nitrogens with zero attached hydrogens (tertiary/aromatic N) is 1. The second kappa shape index (κ2) is 4.87. The van der Waals surface area contributed by atoms with Crippen LogP contribution in [0.1, 0.15) is 45.6 Å². The summed E-state index contributed by atoms with van der Waals surface area (Å²) in [6.07, 6.45) is 0.717. The van der Waals surface area contributed by atoms with E-state index in [-0.39, 0.29) is 11.5 Å². The molecule has 0 radical (unpaired) electrons. The van der Waals surface area contributed by atoms with E-state index in [1.165, 1.54) is 5.56 Å². The van der Waals surface area contributed by atoms with Gasteiger partial charge in [-0.15, -0.1) is 0 Å². The molecule has 3 heteroatoms. The molecule has 0 amide bonds. The summed E-state index contributed by atoms with van der Waals surface area (Å²) in [5.74, 6) is -0.462. The second-order valence-electron chi connectivity index (χ2n) is 6.23. The Balaban J connectivity index is 2.25. The van der Waals surface area contributed by atoms with Crippen molar-refractivity contribution in [2.75, 3.05) is 11.4 Å². The highest BCUT2D eigenvalue weighted by Gasteiger charge is 2.45. The average molecular weight is 261 g/mol. The third kappa shape index (κ3) is 2.46. The van der Waals surface area contributed by atoms with Gasteiger partial charge in [-0.05, 0) is 43.9 Å². The average Bonchev–Trinajstić information content (AvgIpc) is 2.64. The first-order chi connectivity index (χ1) is 8.84. The minimum Gasteiger partial charge on any atom is -0.481 e. The molecule has 1 aliphatic rings. The summed E-state index contributed by atoms with van der Waals surface area (Å²) >= 11 is 0. The van der Waals surface area contributed by atoms with Crippen LogP contribution in [0.4, 0.5) is 5.69 Å². The lowest BCUT2D eigenvalue weighted by atomic mass is 9.88. The third-order valence-corrected chi connectivity index (χ3v) is 4.36. The molecule has 1 heterocycles. The predicted octanol–water partition coefficient (Wildman–Crippen LogP) is 3.50. The monoisotopic (exact) mass is 261 g/mol. The molecule has 0 aromatic heterocycles. The smallest absolute Gasteiger partial charge is 0.308 e. The number of carboxylic acid groups (broad SMARTS) is 1. The van der Waals surface area contributed by atoms with E-state index >= 15 is 0 Å². The maximum Gasteiger partial charge on any atom is 0.308 e. The van der Waals surface area contributed by atoms with Gasteiger partial charge in [0.05, 0.1) is 5.92 Å². The molecule has 1 unspecified atom stereocenters. The lowest BCUT2D eigenvalue weighted by Crippen LogP contribution is -2.45. The molecule has 0 saturated carbocycles. The van der Waals surface area contributed by atoms with Gasteiger partial charge in [-0.1, -0.05) is 26.0 Å². The van der Waals surface area contributed by atoms with Gasteiger partial charge >= 0.3 is 5.97 Å². The Kier molecular flexibility index (Phi) is 3.57. The van der Waals surface area contributed by atoms with Gasteiger partial charge in [0, 0.05) is 17.8 Å². The van der Waals surface area contributed by atoms with Crippen LogP contribution in [0.3, 0.4) is 0 Å². The van der Waals surface area contributed by atoms with Crippen molar-refractivity contribution in [1.29, 1.82) is 0 Å². The third-order valence-electron chi connectivity index (χ3n) is 4.36. The first kappa shape index (κ1) is 13.9. The lowest BCUT2D eigenvalue weighted by Gasteiger charge is -2.36. The number of aliphatic carboxylic acids is 1. The Labute approximate surface area is 115 Å². The molecule has 0 spiro atoms. The first-order valence-electron chi connectivity index (χ1n) is 6.94. The molecular formula is C16H23NO2. The molecule has 1 atom stereocenters. The quantitative estimate of drug-likeness (QED) is 0.905. The highest BCUT2D eigenvalue weighted by Crippen LogP contribution is 2.38. The van der Waals surface area contributed by atoms with Gasteiger partial charge in [0.1, 0.15) is 0 Å². The molecule has 0 bridgehead atoms. The van der Waals surface area contributed by atoms with E-state index in [4.69, 9.17) is 0 Å². The molecule has 1 saturated heterocycles. The van der Waals surface area contributed by atoms with Gasteiger partial charge in [0.15, 0.2) is 0 Å². The summed E-state index contributed by atoms with van der Waals surface area (Å²) in [5, 5.41) is 9.30. The Morgan fingerprint density at radius 1 is 1.32 bits per heavy atom. The van der Waals surface area contributed by atoms with Crippen molar-refractivity contribution in [2.24, 2.45) is 5.92 Å². The normalized spacial score (nSPS) is 21.9. The van der Waals surface area contributed by atoms with E-state index in [0.29, 0.717) is 12.3 Å². The summed E-state index contributed by atoms with van der Waals surface area (Å²) in [6.45, 7) is 9.21. The zero-order valence-electron chi connectivity index (χ0n) is 12.2. The molecule has 19 heavy (non-hydrogen) atoms. The lowest BCUT2D eigenvalue weighted by molar-refractivity contribution is -0.142. The van der Waals surface area contributed by atoms with Crippen molar-refractivity contribution in [3.63, 3.8) is 0 Å². The molecule has 1 aliphatic heterocycles. The molecular weight excluding hydrogens is 238 g/mol. The van der Waals surface area contributed by atoms with Crippen LogP contribution < -0.4 is 4.90 Å². The van der Waals surface area contributed by atoms with Crippen LogP contribution in [0.15, 0.2) is 24.3 Å². The number of carbonyl (C=O) groups is 1. The fourth-order valence-electron chi connectivity index (χ4n) is 3.01. The SMILES string of the molecule is CC(C)c1ccc(N2CCC(C(=O)O)C2(C)C)cc1. The van der Waals surface area contributed by atoms with Gasteiger partial charge in [-0.25, -0.2) is 0 Å². The van der Waals surface area contributed by atoms with Crippen molar-refractivity contribution in [3.05, 3.63) is 29.8 Å². The van der Waals surface area contributed by atoms with Crippen molar-refractivity contribution < 1.29 is 9.90 Å². The fourth-order valence-corrected chi connectivity index (χ4v) is 3.01. The minimum absolute atomic E-state index is 0.294. The molecule has 1 fully saturated rings. The summed E-state index contributed by atoms with van der Waals surface area (Å²) < 4.78 is 0. The minimum atomic E-state index is -0.689. The number of hydrogen-bond donors (Lipinski definition) is 1. The number of anilines is 1. The summed E-state index contributed by atoms with van der Waals surface area (Å²) in [7, 11) is 0. The summed E-state index contributed by atoms with van der Waals surface area (Å²) in [5.41, 5.74) is 2.11. The zero-order chi connectivity index (χ0) is 14.2. The molecule has 2 rings (SSSR count). The Morgan fingerprint density at radius 2 is 1.89 bits per heavy atom. The van der Waals surface area contributed by atoms with Crippen LogP contribution in [0, 0.1) is 5.92 Å². The number of hydrogen-bond acceptors (Lipinski definition) is 2. The maximum atomic E-state index is 11.3. The van der Waals surface area contributed by atoms with E-state index in [0.717, 1.165) is 12.2 Å². The van der Waals surface area contributed by atoms with Crippen LogP contribution in [-0.2, 0) is 4.79 Å². The topological polar surface area (TPSA) is 40.5 Å². The van der Waals surface area contributed by atoms with E-state index in [9.17, 15) is 9.90 Å². The maximum absolute atomic E-state index is 11.3. The Morgan fingerprint density at radius 3 is 2.32 bits per heavy atom. The molecule has 0 aliphatic carbocycles. The van der Waals surface area contributed by atoms with Crippen molar-refractivity contribution in [1.82, 2.24) is 0 Å². The predicted molar refractivity (Wildman–Crippen MR) is 77.7 cm³/mol. The van der Waals surface area contributed by atoms with Gasteiger partial charge < -0.3 is 10.0 Å². The standard InChI is InChI=1S/C16H23NO2/c1-11(2)12-5-7-13(8-6-12)17-10-9-14(15(18)19)16(17,3)4/h5-8,11,14H,9-10H2,1-4H3,(H,18,19). The van der Waals surface area contributed by atoms with Crippen LogP contribution >= 0.6 is 0 Å². The summed E-state index contributed by atoms with van der Waals surface area (Å²) in [4.78, 5) is 13.5. The zero-order valence-corrected chi connectivity index (χ0v) is 12.2. The van der Waals surface area contributed by atoms with E-state index in [1.807, 2.05) is 13.8 Å².